The van der Waals surface area contributed by atoms with E-state index < -0.39 is 13.0 Å². The molecular formula is C14H13BN2O4. The smallest absolute Gasteiger partial charge is 0.439 e. The summed E-state index contributed by atoms with van der Waals surface area (Å²) >= 11 is 0. The largest absolute Gasteiger partial charge is 0.491 e. The zero-order chi connectivity index (χ0) is 15.0. The Bertz CT molecular complexity index is 720. The van der Waals surface area contributed by atoms with Gasteiger partial charge < -0.3 is 20.1 Å². The number of aromatic nitrogens is 1. The van der Waals surface area contributed by atoms with Crippen molar-refractivity contribution >= 4 is 18.5 Å². The summed E-state index contributed by atoms with van der Waals surface area (Å²) in [5, 5.41) is 9.56. The van der Waals surface area contributed by atoms with Crippen molar-refractivity contribution in [3.05, 3.63) is 47.2 Å². The van der Waals surface area contributed by atoms with Gasteiger partial charge in [-0.25, -0.2) is 4.98 Å². The average molecular weight is 284 g/mol. The summed E-state index contributed by atoms with van der Waals surface area (Å²) in [6.45, 7) is 2.04. The molecule has 1 amide bonds. The lowest BCUT2D eigenvalue weighted by Gasteiger charge is -2.08. The van der Waals surface area contributed by atoms with Gasteiger partial charge in [0.15, 0.2) is 0 Å². The number of ether oxygens (including phenoxy) is 1. The lowest BCUT2D eigenvalue weighted by Crippen LogP contribution is -2.27. The monoisotopic (exact) mass is 284 g/mol. The first-order chi connectivity index (χ1) is 10.0. The molecule has 1 aliphatic rings. The molecule has 0 unspecified atom stereocenters. The molecule has 2 aromatic rings. The van der Waals surface area contributed by atoms with E-state index in [9.17, 15) is 9.82 Å². The van der Waals surface area contributed by atoms with Gasteiger partial charge >= 0.3 is 7.12 Å². The van der Waals surface area contributed by atoms with Gasteiger partial charge in [0.25, 0.3) is 5.91 Å². The fourth-order valence-corrected chi connectivity index (χ4v) is 2.25. The fourth-order valence-electron chi connectivity index (χ4n) is 2.25. The van der Waals surface area contributed by atoms with Crippen molar-refractivity contribution in [3.63, 3.8) is 0 Å². The highest BCUT2D eigenvalue weighted by Crippen LogP contribution is 2.23. The molecule has 0 saturated carbocycles. The molecule has 21 heavy (non-hydrogen) atoms. The number of aryl methyl sites for hydroxylation is 1. The number of hydrogen-bond donors (Lipinski definition) is 2. The van der Waals surface area contributed by atoms with Gasteiger partial charge in [0.1, 0.15) is 5.75 Å². The van der Waals surface area contributed by atoms with Gasteiger partial charge in [0.2, 0.25) is 5.88 Å². The molecule has 0 radical (unpaired) electrons. The van der Waals surface area contributed by atoms with Gasteiger partial charge in [0, 0.05) is 6.07 Å². The predicted molar refractivity (Wildman–Crippen MR) is 76.4 cm³/mol. The first kappa shape index (κ1) is 13.6. The first-order valence-electron chi connectivity index (χ1n) is 6.42. The van der Waals surface area contributed by atoms with Crippen LogP contribution >= 0.6 is 0 Å². The van der Waals surface area contributed by atoms with Crippen LogP contribution in [0.4, 0.5) is 0 Å². The van der Waals surface area contributed by atoms with Gasteiger partial charge in [-0.15, -0.1) is 0 Å². The lowest BCUT2D eigenvalue weighted by molar-refractivity contribution is 0.0999. The molecule has 0 aliphatic carbocycles. The summed E-state index contributed by atoms with van der Waals surface area (Å²) in [5.41, 5.74) is 7.74. The molecule has 2 heterocycles. The molecule has 0 saturated heterocycles. The minimum Gasteiger partial charge on any atom is -0.439 e. The predicted octanol–water partition coefficient (Wildman–Crippen LogP) is 0.499. The molecule has 0 atom stereocenters. The molecular weight excluding hydrogens is 271 g/mol. The molecule has 1 aliphatic heterocycles. The second-order valence-corrected chi connectivity index (χ2v) is 4.77. The first-order valence-corrected chi connectivity index (χ1v) is 6.42. The van der Waals surface area contributed by atoms with Crippen molar-refractivity contribution in [1.29, 1.82) is 0 Å². The fraction of sp³-hybridized carbons (Fsp3) is 0.143. The minimum atomic E-state index is -0.871. The van der Waals surface area contributed by atoms with E-state index in [1.807, 2.05) is 0 Å². The maximum atomic E-state index is 11.2. The Hall–Kier alpha value is -2.38. The number of fused-ring (bicyclic) bond motifs is 1. The van der Waals surface area contributed by atoms with Crippen molar-refractivity contribution in [2.75, 3.05) is 0 Å². The van der Waals surface area contributed by atoms with E-state index in [-0.39, 0.29) is 0 Å². The van der Waals surface area contributed by atoms with E-state index in [0.29, 0.717) is 29.5 Å². The number of amides is 1. The lowest BCUT2D eigenvalue weighted by atomic mass is 9.80. The van der Waals surface area contributed by atoms with Crippen LogP contribution in [0.25, 0.3) is 0 Å². The number of rotatable bonds is 3. The third-order valence-electron chi connectivity index (χ3n) is 3.33. The van der Waals surface area contributed by atoms with E-state index in [1.165, 1.54) is 0 Å². The number of nitrogens with two attached hydrogens (primary N) is 1. The molecule has 7 heteroatoms. The number of benzene rings is 1. The Kier molecular flexibility index (Phi) is 3.36. The summed E-state index contributed by atoms with van der Waals surface area (Å²) in [5.74, 6) is 0.442. The standard InChI is InChI=1S/C14H13BN2O4/c1-8-11(14(16)18)3-5-13(17-8)21-10-2-4-12-9(6-10)7-20-15(12)19/h2-6,19H,7H2,1H3,(H2,16,18). The quantitative estimate of drug-likeness (QED) is 0.800. The molecule has 106 valence electrons. The highest BCUT2D eigenvalue weighted by atomic mass is 16.5. The van der Waals surface area contributed by atoms with Gasteiger partial charge in [-0.2, -0.15) is 0 Å². The van der Waals surface area contributed by atoms with E-state index in [0.717, 1.165) is 11.0 Å². The van der Waals surface area contributed by atoms with Gasteiger partial charge in [-0.3, -0.25) is 4.79 Å². The van der Waals surface area contributed by atoms with Crippen LogP contribution in [0, 0.1) is 6.92 Å². The van der Waals surface area contributed by atoms with Crippen LogP contribution in [0.5, 0.6) is 11.6 Å². The molecule has 6 nitrogen and oxygen atoms in total. The van der Waals surface area contributed by atoms with E-state index >= 15 is 0 Å². The van der Waals surface area contributed by atoms with Crippen molar-refractivity contribution in [1.82, 2.24) is 4.98 Å². The van der Waals surface area contributed by atoms with Crippen LogP contribution < -0.4 is 15.9 Å². The molecule has 3 N–H and O–H groups in total. The van der Waals surface area contributed by atoms with Crippen molar-refractivity contribution < 1.29 is 19.2 Å². The second kappa shape index (κ2) is 5.19. The van der Waals surface area contributed by atoms with Crippen molar-refractivity contribution in [2.45, 2.75) is 13.5 Å². The number of primary amides is 1. The topological polar surface area (TPSA) is 94.7 Å². The third-order valence-corrected chi connectivity index (χ3v) is 3.33. The highest BCUT2D eigenvalue weighted by molar-refractivity contribution is 6.61. The number of nitrogens with zero attached hydrogens (tertiary/aromatic N) is 1. The third kappa shape index (κ3) is 2.61. The Balaban J connectivity index is 1.84. The minimum absolute atomic E-state index is 0.348. The van der Waals surface area contributed by atoms with Crippen LogP contribution in [-0.2, 0) is 11.3 Å². The summed E-state index contributed by atoms with van der Waals surface area (Å²) in [4.78, 5) is 15.3. The summed E-state index contributed by atoms with van der Waals surface area (Å²) < 4.78 is 10.8. The zero-order valence-corrected chi connectivity index (χ0v) is 11.4. The molecule has 0 bridgehead atoms. The van der Waals surface area contributed by atoms with E-state index in [4.69, 9.17) is 15.1 Å². The Morgan fingerprint density at radius 2 is 2.24 bits per heavy atom. The van der Waals surface area contributed by atoms with Gasteiger partial charge in [-0.05, 0) is 36.1 Å². The number of hydrogen-bond acceptors (Lipinski definition) is 5. The van der Waals surface area contributed by atoms with Crippen molar-refractivity contribution in [3.8, 4) is 11.6 Å². The van der Waals surface area contributed by atoms with Crippen LogP contribution in [-0.4, -0.2) is 23.0 Å². The van der Waals surface area contributed by atoms with Crippen LogP contribution in [0.3, 0.4) is 0 Å². The zero-order valence-electron chi connectivity index (χ0n) is 11.4. The maximum Gasteiger partial charge on any atom is 0.491 e. The Morgan fingerprint density at radius 1 is 1.43 bits per heavy atom. The van der Waals surface area contributed by atoms with Crippen molar-refractivity contribution in [2.24, 2.45) is 5.73 Å². The Morgan fingerprint density at radius 3 is 2.95 bits per heavy atom. The van der Waals surface area contributed by atoms with Crippen LogP contribution in [0.1, 0.15) is 21.6 Å². The normalized spacial score (nSPS) is 13.1. The summed E-state index contributed by atoms with van der Waals surface area (Å²) in [7, 11) is -0.871. The molecule has 3 rings (SSSR count). The average Bonchev–Trinajstić information content (AvgIpc) is 2.80. The van der Waals surface area contributed by atoms with E-state index in [2.05, 4.69) is 4.98 Å². The SMILES string of the molecule is Cc1nc(Oc2ccc3c(c2)COB3O)ccc1C(N)=O. The van der Waals surface area contributed by atoms with Gasteiger partial charge in [0.05, 0.1) is 17.9 Å². The molecule has 1 aromatic heterocycles. The van der Waals surface area contributed by atoms with Crippen LogP contribution in [0.2, 0.25) is 0 Å². The number of carbonyl (C=O) groups is 1. The van der Waals surface area contributed by atoms with Crippen LogP contribution in [0.15, 0.2) is 30.3 Å². The van der Waals surface area contributed by atoms with Gasteiger partial charge in [-0.1, -0.05) is 6.07 Å². The summed E-state index contributed by atoms with van der Waals surface area (Å²) in [6, 6.07) is 8.46. The molecule has 0 spiro atoms. The molecule has 0 fully saturated rings. The highest BCUT2D eigenvalue weighted by Gasteiger charge is 2.27. The second-order valence-electron chi connectivity index (χ2n) is 4.77. The maximum absolute atomic E-state index is 11.2. The summed E-state index contributed by atoms with van der Waals surface area (Å²) in [6.07, 6.45) is 0. The number of pyridine rings is 1. The number of carbonyl (C=O) groups excluding carboxylic acids is 1. The molecule has 1 aromatic carbocycles. The van der Waals surface area contributed by atoms with E-state index in [1.54, 1.807) is 37.3 Å². The Labute approximate surface area is 121 Å².